The van der Waals surface area contributed by atoms with Gasteiger partial charge >= 0.3 is 0 Å². The van der Waals surface area contributed by atoms with Gasteiger partial charge in [0, 0.05) is 12.5 Å². The molecule has 1 atom stereocenters. The molecule has 1 fully saturated rings. The standard InChI is InChI=1S/C20H25NO/c1-2-8-17(9-3-1)16-18-10-4-5-12-20(18)22-15-13-19-11-6-7-14-21-19/h1-5,8-10,12,19,21H,6-7,11,13-16H2. The summed E-state index contributed by atoms with van der Waals surface area (Å²) in [7, 11) is 0. The lowest BCUT2D eigenvalue weighted by Crippen LogP contribution is -2.35. The van der Waals surface area contributed by atoms with E-state index in [1.165, 1.54) is 30.4 Å². The molecule has 2 aromatic rings. The van der Waals surface area contributed by atoms with Crippen molar-refractivity contribution in [1.29, 1.82) is 0 Å². The minimum Gasteiger partial charge on any atom is -0.493 e. The monoisotopic (exact) mass is 295 g/mol. The van der Waals surface area contributed by atoms with Crippen LogP contribution in [0.25, 0.3) is 0 Å². The molecule has 0 radical (unpaired) electrons. The Hall–Kier alpha value is -1.80. The largest absolute Gasteiger partial charge is 0.493 e. The summed E-state index contributed by atoms with van der Waals surface area (Å²) in [5.41, 5.74) is 2.60. The summed E-state index contributed by atoms with van der Waals surface area (Å²) in [6.45, 7) is 1.96. The number of nitrogens with one attached hydrogen (secondary N) is 1. The van der Waals surface area contributed by atoms with Gasteiger partial charge in [-0.15, -0.1) is 0 Å². The van der Waals surface area contributed by atoms with Crippen LogP contribution < -0.4 is 10.1 Å². The summed E-state index contributed by atoms with van der Waals surface area (Å²) in [4.78, 5) is 0. The molecule has 2 aromatic carbocycles. The molecule has 0 amide bonds. The molecule has 0 spiro atoms. The van der Waals surface area contributed by atoms with Crippen molar-refractivity contribution in [2.24, 2.45) is 0 Å². The zero-order valence-electron chi connectivity index (χ0n) is 13.1. The lowest BCUT2D eigenvalue weighted by atomic mass is 10.0. The highest BCUT2D eigenvalue weighted by molar-refractivity contribution is 5.37. The highest BCUT2D eigenvalue weighted by Gasteiger charge is 2.12. The van der Waals surface area contributed by atoms with Crippen molar-refractivity contribution in [3.63, 3.8) is 0 Å². The molecular formula is C20H25NO. The van der Waals surface area contributed by atoms with E-state index in [2.05, 4.69) is 59.9 Å². The van der Waals surface area contributed by atoms with Crippen molar-refractivity contribution in [3.05, 3.63) is 65.7 Å². The smallest absolute Gasteiger partial charge is 0.122 e. The van der Waals surface area contributed by atoms with Gasteiger partial charge in [0.25, 0.3) is 0 Å². The molecule has 1 unspecified atom stereocenters. The fourth-order valence-corrected chi connectivity index (χ4v) is 3.09. The Morgan fingerprint density at radius 3 is 2.59 bits per heavy atom. The maximum Gasteiger partial charge on any atom is 0.122 e. The van der Waals surface area contributed by atoms with Crippen LogP contribution in [0.2, 0.25) is 0 Å². The molecule has 0 saturated carbocycles. The first-order valence-electron chi connectivity index (χ1n) is 8.40. The molecule has 22 heavy (non-hydrogen) atoms. The molecule has 1 saturated heterocycles. The second-order valence-electron chi connectivity index (χ2n) is 6.05. The number of hydrogen-bond acceptors (Lipinski definition) is 2. The normalized spacial score (nSPS) is 18.1. The van der Waals surface area contributed by atoms with Gasteiger partial charge in [0.1, 0.15) is 5.75 Å². The molecule has 2 nitrogen and oxygen atoms in total. The quantitative estimate of drug-likeness (QED) is 0.863. The summed E-state index contributed by atoms with van der Waals surface area (Å²) in [6, 6.07) is 19.6. The van der Waals surface area contributed by atoms with Gasteiger partial charge in [-0.1, -0.05) is 55.0 Å². The molecule has 3 rings (SSSR count). The molecule has 116 valence electrons. The van der Waals surface area contributed by atoms with Gasteiger partial charge < -0.3 is 10.1 Å². The SMILES string of the molecule is c1ccc(Cc2ccccc2OCCC2CCCCN2)cc1. The van der Waals surface area contributed by atoms with E-state index in [0.717, 1.165) is 31.7 Å². The number of benzene rings is 2. The summed E-state index contributed by atoms with van der Waals surface area (Å²) in [6.07, 6.45) is 5.98. The Labute approximate surface area is 133 Å². The highest BCUT2D eigenvalue weighted by Crippen LogP contribution is 2.22. The van der Waals surface area contributed by atoms with Gasteiger partial charge in [-0.2, -0.15) is 0 Å². The van der Waals surface area contributed by atoms with Gasteiger partial charge in [-0.25, -0.2) is 0 Å². The Morgan fingerprint density at radius 1 is 0.955 bits per heavy atom. The van der Waals surface area contributed by atoms with Gasteiger partial charge in [0.2, 0.25) is 0 Å². The van der Waals surface area contributed by atoms with E-state index in [1.807, 2.05) is 0 Å². The van der Waals surface area contributed by atoms with Crippen molar-refractivity contribution in [1.82, 2.24) is 5.32 Å². The van der Waals surface area contributed by atoms with Crippen LogP contribution in [-0.4, -0.2) is 19.2 Å². The van der Waals surface area contributed by atoms with Gasteiger partial charge in [0.15, 0.2) is 0 Å². The summed E-state index contributed by atoms with van der Waals surface area (Å²) in [5, 5.41) is 3.58. The molecular weight excluding hydrogens is 270 g/mol. The average molecular weight is 295 g/mol. The maximum atomic E-state index is 6.07. The Bertz CT molecular complexity index is 561. The first kappa shape index (κ1) is 15.1. The number of rotatable bonds is 6. The summed E-state index contributed by atoms with van der Waals surface area (Å²) in [5.74, 6) is 1.03. The fourth-order valence-electron chi connectivity index (χ4n) is 3.09. The zero-order valence-corrected chi connectivity index (χ0v) is 13.1. The fraction of sp³-hybridized carbons (Fsp3) is 0.400. The second kappa shape index (κ2) is 8.00. The van der Waals surface area contributed by atoms with E-state index in [4.69, 9.17) is 4.74 Å². The maximum absolute atomic E-state index is 6.07. The van der Waals surface area contributed by atoms with Crippen LogP contribution in [0.3, 0.4) is 0 Å². The third-order valence-corrected chi connectivity index (χ3v) is 4.35. The van der Waals surface area contributed by atoms with Crippen LogP contribution in [-0.2, 0) is 6.42 Å². The predicted molar refractivity (Wildman–Crippen MR) is 91.4 cm³/mol. The van der Waals surface area contributed by atoms with Crippen molar-refractivity contribution >= 4 is 0 Å². The van der Waals surface area contributed by atoms with Crippen LogP contribution in [0.1, 0.15) is 36.8 Å². The van der Waals surface area contributed by atoms with E-state index in [-0.39, 0.29) is 0 Å². The molecule has 1 N–H and O–H groups in total. The van der Waals surface area contributed by atoms with Crippen LogP contribution in [0.4, 0.5) is 0 Å². The van der Waals surface area contributed by atoms with Gasteiger partial charge in [-0.3, -0.25) is 0 Å². The Kier molecular flexibility index (Phi) is 5.49. The molecule has 1 aliphatic rings. The van der Waals surface area contributed by atoms with Crippen LogP contribution in [0.5, 0.6) is 5.75 Å². The topological polar surface area (TPSA) is 21.3 Å². The number of hydrogen-bond donors (Lipinski definition) is 1. The molecule has 2 heteroatoms. The lowest BCUT2D eigenvalue weighted by molar-refractivity contribution is 0.266. The molecule has 0 aromatic heterocycles. The molecule has 1 heterocycles. The van der Waals surface area contributed by atoms with E-state index >= 15 is 0 Å². The zero-order chi connectivity index (χ0) is 15.0. The Morgan fingerprint density at radius 2 is 1.77 bits per heavy atom. The van der Waals surface area contributed by atoms with Gasteiger partial charge in [0.05, 0.1) is 6.61 Å². The minimum atomic E-state index is 0.634. The number of piperidine rings is 1. The molecule has 0 aliphatic carbocycles. The summed E-state index contributed by atoms with van der Waals surface area (Å²) >= 11 is 0. The van der Waals surface area contributed by atoms with Crippen molar-refractivity contribution in [2.75, 3.05) is 13.2 Å². The highest BCUT2D eigenvalue weighted by atomic mass is 16.5. The van der Waals surface area contributed by atoms with Crippen LogP contribution in [0, 0.1) is 0 Å². The molecule has 1 aliphatic heterocycles. The first-order chi connectivity index (χ1) is 10.9. The van der Waals surface area contributed by atoms with Crippen molar-refractivity contribution in [2.45, 2.75) is 38.1 Å². The first-order valence-corrected chi connectivity index (χ1v) is 8.40. The van der Waals surface area contributed by atoms with Crippen molar-refractivity contribution < 1.29 is 4.74 Å². The third-order valence-electron chi connectivity index (χ3n) is 4.35. The number of ether oxygens (including phenoxy) is 1. The van der Waals surface area contributed by atoms with Crippen LogP contribution >= 0.6 is 0 Å². The van der Waals surface area contributed by atoms with E-state index < -0.39 is 0 Å². The summed E-state index contributed by atoms with van der Waals surface area (Å²) < 4.78 is 6.07. The van der Waals surface area contributed by atoms with Crippen molar-refractivity contribution in [3.8, 4) is 5.75 Å². The molecule has 0 bridgehead atoms. The number of para-hydroxylation sites is 1. The van der Waals surface area contributed by atoms with Crippen LogP contribution in [0.15, 0.2) is 54.6 Å². The lowest BCUT2D eigenvalue weighted by Gasteiger charge is -2.23. The third kappa shape index (κ3) is 4.35. The van der Waals surface area contributed by atoms with Gasteiger partial charge in [-0.05, 0) is 43.0 Å². The minimum absolute atomic E-state index is 0.634. The average Bonchev–Trinajstić information content (AvgIpc) is 2.58. The second-order valence-corrected chi connectivity index (χ2v) is 6.05. The predicted octanol–water partition coefficient (Wildman–Crippen LogP) is 4.19. The van der Waals surface area contributed by atoms with E-state index in [9.17, 15) is 0 Å². The Balaban J connectivity index is 1.56. The van der Waals surface area contributed by atoms with E-state index in [0.29, 0.717) is 6.04 Å². The van der Waals surface area contributed by atoms with E-state index in [1.54, 1.807) is 0 Å².